The Hall–Kier alpha value is -1.38. The van der Waals surface area contributed by atoms with Gasteiger partial charge in [0.2, 0.25) is 0 Å². The molecule has 1 radical (unpaired) electrons. The molecule has 0 amide bonds. The van der Waals surface area contributed by atoms with Crippen LogP contribution in [0.2, 0.25) is 0 Å². The maximum atomic E-state index is 9.10. The first-order valence-corrected chi connectivity index (χ1v) is 2.21. The fourth-order valence-electron chi connectivity index (χ4n) is 0. The molecular formula is C4H4NbO8. The Morgan fingerprint density at radius 1 is 0.538 bits per heavy atom. The first kappa shape index (κ1) is 17.6. The van der Waals surface area contributed by atoms with E-state index in [1.165, 1.54) is 0 Å². The Bertz CT molecular complexity index is 172. The largest absolute Gasteiger partial charge is 0.473 e. The van der Waals surface area contributed by atoms with Gasteiger partial charge in [0.05, 0.1) is 0 Å². The van der Waals surface area contributed by atoms with Crippen LogP contribution in [0.15, 0.2) is 0 Å². The van der Waals surface area contributed by atoms with Crippen molar-refractivity contribution >= 4 is 23.9 Å². The summed E-state index contributed by atoms with van der Waals surface area (Å²) in [5.74, 6) is -7.30. The Balaban J connectivity index is -0.000000143. The number of rotatable bonds is 0. The molecule has 13 heavy (non-hydrogen) atoms. The van der Waals surface area contributed by atoms with Gasteiger partial charge in [0.25, 0.3) is 0 Å². The fraction of sp³-hybridized carbons (Fsp3) is 0. The minimum Gasteiger partial charge on any atom is -0.473 e. The van der Waals surface area contributed by atoms with Crippen molar-refractivity contribution in [1.82, 2.24) is 0 Å². The zero-order valence-electron chi connectivity index (χ0n) is 5.87. The molecule has 0 saturated carbocycles. The van der Waals surface area contributed by atoms with E-state index in [2.05, 4.69) is 0 Å². The second-order valence-electron chi connectivity index (χ2n) is 1.22. The number of carboxylic acid groups (broad SMARTS) is 4. The molecule has 0 saturated heterocycles. The summed E-state index contributed by atoms with van der Waals surface area (Å²) < 4.78 is 0. The van der Waals surface area contributed by atoms with Gasteiger partial charge in [0.1, 0.15) is 0 Å². The van der Waals surface area contributed by atoms with E-state index < -0.39 is 23.9 Å². The van der Waals surface area contributed by atoms with Crippen LogP contribution in [0.25, 0.3) is 0 Å². The second-order valence-corrected chi connectivity index (χ2v) is 1.22. The number of hydrogen-bond acceptors (Lipinski definition) is 4. The molecule has 4 N–H and O–H groups in total. The molecule has 9 heteroatoms. The van der Waals surface area contributed by atoms with Crippen molar-refractivity contribution in [1.29, 1.82) is 0 Å². The molecule has 0 aromatic rings. The van der Waals surface area contributed by atoms with Crippen molar-refractivity contribution in [2.24, 2.45) is 0 Å². The third-order valence-electron chi connectivity index (χ3n) is 0.366. The molecule has 0 aliphatic heterocycles. The molecule has 0 aromatic heterocycles. The molecule has 0 aliphatic carbocycles. The van der Waals surface area contributed by atoms with Crippen molar-refractivity contribution < 1.29 is 62.0 Å². The van der Waals surface area contributed by atoms with Crippen LogP contribution < -0.4 is 0 Å². The van der Waals surface area contributed by atoms with Crippen LogP contribution in [0.5, 0.6) is 0 Å². The summed E-state index contributed by atoms with van der Waals surface area (Å²) in [5.41, 5.74) is 0. The molecule has 0 rings (SSSR count). The van der Waals surface area contributed by atoms with Gasteiger partial charge in [-0.25, -0.2) is 19.2 Å². The van der Waals surface area contributed by atoms with Crippen LogP contribution in [0.4, 0.5) is 0 Å². The minimum absolute atomic E-state index is 0. The average molecular weight is 273 g/mol. The number of carbonyl (C=O) groups is 4. The number of aliphatic carboxylic acids is 4. The van der Waals surface area contributed by atoms with E-state index in [9.17, 15) is 0 Å². The molecule has 0 atom stereocenters. The summed E-state index contributed by atoms with van der Waals surface area (Å²) >= 11 is 0. The molecule has 0 aromatic carbocycles. The van der Waals surface area contributed by atoms with E-state index in [0.717, 1.165) is 0 Å². The quantitative estimate of drug-likeness (QED) is 0.301. The van der Waals surface area contributed by atoms with Gasteiger partial charge >= 0.3 is 23.9 Å². The molecule has 0 fully saturated rings. The van der Waals surface area contributed by atoms with Crippen molar-refractivity contribution in [2.45, 2.75) is 0 Å². The first-order valence-electron chi connectivity index (χ1n) is 2.21. The fourth-order valence-corrected chi connectivity index (χ4v) is 0. The van der Waals surface area contributed by atoms with Crippen molar-refractivity contribution in [3.05, 3.63) is 0 Å². The zero-order valence-corrected chi connectivity index (χ0v) is 8.07. The van der Waals surface area contributed by atoms with Crippen LogP contribution in [-0.4, -0.2) is 44.3 Å². The number of carboxylic acids is 4. The van der Waals surface area contributed by atoms with Gasteiger partial charge in [0, 0.05) is 22.4 Å². The van der Waals surface area contributed by atoms with Gasteiger partial charge in [-0.05, 0) is 0 Å². The second kappa shape index (κ2) is 8.71. The monoisotopic (exact) mass is 273 g/mol. The van der Waals surface area contributed by atoms with E-state index in [-0.39, 0.29) is 22.4 Å². The third kappa shape index (κ3) is 18.0. The number of hydrogen-bond donors (Lipinski definition) is 4. The van der Waals surface area contributed by atoms with Gasteiger partial charge in [-0.15, -0.1) is 0 Å². The Morgan fingerprint density at radius 2 is 0.615 bits per heavy atom. The molecule has 8 nitrogen and oxygen atoms in total. The van der Waals surface area contributed by atoms with Crippen molar-refractivity contribution in [3.8, 4) is 0 Å². The smallest absolute Gasteiger partial charge is 0.414 e. The summed E-state index contributed by atoms with van der Waals surface area (Å²) in [5, 5.41) is 29.6. The topological polar surface area (TPSA) is 149 Å². The molecule has 0 bridgehead atoms. The minimum atomic E-state index is -1.82. The van der Waals surface area contributed by atoms with Crippen LogP contribution in [0.1, 0.15) is 0 Å². The zero-order chi connectivity index (χ0) is 10.3. The predicted octanol–water partition coefficient (Wildman–Crippen LogP) is -1.69. The predicted molar refractivity (Wildman–Crippen MR) is 30.5 cm³/mol. The Labute approximate surface area is 86.3 Å². The van der Waals surface area contributed by atoms with Crippen LogP contribution in [0.3, 0.4) is 0 Å². The van der Waals surface area contributed by atoms with Gasteiger partial charge in [-0.3, -0.25) is 0 Å². The molecular weight excluding hydrogens is 269 g/mol. The first-order chi connectivity index (χ1) is 5.29. The summed E-state index contributed by atoms with van der Waals surface area (Å²) in [6, 6.07) is 0. The standard InChI is InChI=1S/2C2H2O4.Nb/c2*3-1(4)2(5)6;/h2*(H,3,4)(H,5,6);. The third-order valence-corrected chi connectivity index (χ3v) is 0.366. The molecule has 73 valence electrons. The average Bonchev–Trinajstić information content (AvgIpc) is 1.88. The molecule has 0 heterocycles. The molecule has 0 spiro atoms. The van der Waals surface area contributed by atoms with Crippen LogP contribution >= 0.6 is 0 Å². The van der Waals surface area contributed by atoms with Crippen molar-refractivity contribution in [2.75, 3.05) is 0 Å². The van der Waals surface area contributed by atoms with E-state index in [4.69, 9.17) is 39.6 Å². The molecule has 0 aliphatic rings. The SMILES string of the molecule is O=C(O)C(=O)O.O=C(O)C(=O)O.[Nb]. The van der Waals surface area contributed by atoms with Crippen LogP contribution in [0, 0.1) is 0 Å². The maximum Gasteiger partial charge on any atom is 0.414 e. The Morgan fingerprint density at radius 3 is 0.615 bits per heavy atom. The summed E-state index contributed by atoms with van der Waals surface area (Å²) in [6.45, 7) is 0. The van der Waals surface area contributed by atoms with E-state index in [1.807, 2.05) is 0 Å². The van der Waals surface area contributed by atoms with Gasteiger partial charge in [0.15, 0.2) is 0 Å². The maximum absolute atomic E-state index is 9.10. The van der Waals surface area contributed by atoms with Gasteiger partial charge in [-0.2, -0.15) is 0 Å². The van der Waals surface area contributed by atoms with Crippen molar-refractivity contribution in [3.63, 3.8) is 0 Å². The van der Waals surface area contributed by atoms with Gasteiger partial charge in [-0.1, -0.05) is 0 Å². The van der Waals surface area contributed by atoms with E-state index in [1.54, 1.807) is 0 Å². The van der Waals surface area contributed by atoms with Gasteiger partial charge < -0.3 is 20.4 Å². The molecule has 0 unspecified atom stereocenters. The summed E-state index contributed by atoms with van der Waals surface area (Å²) in [7, 11) is 0. The summed E-state index contributed by atoms with van der Waals surface area (Å²) in [6.07, 6.45) is 0. The van der Waals surface area contributed by atoms with E-state index >= 15 is 0 Å². The summed E-state index contributed by atoms with van der Waals surface area (Å²) in [4.78, 5) is 36.4. The van der Waals surface area contributed by atoms with Crippen LogP contribution in [-0.2, 0) is 41.6 Å². The van der Waals surface area contributed by atoms with E-state index in [0.29, 0.717) is 0 Å². The Kier molecular flexibility index (Phi) is 11.8. The normalized spacial score (nSPS) is 6.77.